The van der Waals surface area contributed by atoms with Gasteiger partial charge in [-0.15, -0.1) is 0 Å². The van der Waals surface area contributed by atoms with Crippen molar-refractivity contribution in [1.82, 2.24) is 5.32 Å². The molecule has 0 radical (unpaired) electrons. The van der Waals surface area contributed by atoms with Crippen LogP contribution in [-0.4, -0.2) is 36.7 Å². The molecule has 0 spiro atoms. The summed E-state index contributed by atoms with van der Waals surface area (Å²) in [5.74, 6) is -0.0546. The van der Waals surface area contributed by atoms with Crippen LogP contribution in [0, 0.1) is 5.41 Å². The van der Waals surface area contributed by atoms with Gasteiger partial charge >= 0.3 is 5.97 Å². The van der Waals surface area contributed by atoms with E-state index in [9.17, 15) is 9.59 Å². The molecule has 0 bridgehead atoms. The Labute approximate surface area is 132 Å². The number of carbonyl (C=O) groups excluding carboxylic acids is 1. The maximum atomic E-state index is 12.0. The fraction of sp³-hybridized carbons (Fsp3) is 0.467. The number of ether oxygens (including phenoxy) is 2. The summed E-state index contributed by atoms with van der Waals surface area (Å²) in [4.78, 5) is 23.0. The predicted octanol–water partition coefficient (Wildman–Crippen LogP) is 1.63. The largest absolute Gasteiger partial charge is 0.486 e. The molecule has 0 unspecified atom stereocenters. The van der Waals surface area contributed by atoms with Crippen LogP contribution in [0.2, 0.25) is 5.02 Å². The molecule has 1 saturated carbocycles. The Kier molecular flexibility index (Phi) is 3.87. The van der Waals surface area contributed by atoms with Gasteiger partial charge in [0.05, 0.1) is 16.9 Å². The summed E-state index contributed by atoms with van der Waals surface area (Å²) in [6, 6.07) is 3.39. The van der Waals surface area contributed by atoms with Gasteiger partial charge in [-0.1, -0.05) is 11.6 Å². The zero-order valence-electron chi connectivity index (χ0n) is 11.9. The van der Waals surface area contributed by atoms with Gasteiger partial charge < -0.3 is 19.9 Å². The minimum atomic E-state index is -0.852. The number of aliphatic carboxylic acids is 1. The number of fused-ring (bicyclic) bond motifs is 1. The first-order valence-corrected chi connectivity index (χ1v) is 7.46. The van der Waals surface area contributed by atoms with Crippen molar-refractivity contribution in [3.63, 3.8) is 0 Å². The minimum absolute atomic E-state index is 0.117. The molecule has 118 valence electrons. The van der Waals surface area contributed by atoms with Crippen molar-refractivity contribution < 1.29 is 24.2 Å². The lowest BCUT2D eigenvalue weighted by molar-refractivity contribution is -0.143. The number of carboxylic acid groups (broad SMARTS) is 1. The molecule has 0 saturated heterocycles. The average molecular weight is 326 g/mol. The van der Waals surface area contributed by atoms with E-state index in [-0.39, 0.29) is 18.9 Å². The molecule has 1 fully saturated rings. The third-order valence-electron chi connectivity index (χ3n) is 3.95. The van der Waals surface area contributed by atoms with E-state index < -0.39 is 11.4 Å². The molecule has 22 heavy (non-hydrogen) atoms. The summed E-state index contributed by atoms with van der Waals surface area (Å²) in [5, 5.41) is 12.2. The Morgan fingerprint density at radius 1 is 1.27 bits per heavy atom. The van der Waals surface area contributed by atoms with Gasteiger partial charge in [-0.3, -0.25) is 9.59 Å². The summed E-state index contributed by atoms with van der Waals surface area (Å²) < 4.78 is 10.9. The molecule has 2 N–H and O–H groups in total. The van der Waals surface area contributed by atoms with Gasteiger partial charge in [0.25, 0.3) is 0 Å². The molecule has 0 atom stereocenters. The van der Waals surface area contributed by atoms with E-state index >= 15 is 0 Å². The summed E-state index contributed by atoms with van der Waals surface area (Å²) in [7, 11) is 0. The van der Waals surface area contributed by atoms with Crippen LogP contribution in [-0.2, 0) is 16.0 Å². The van der Waals surface area contributed by atoms with Crippen LogP contribution in [0.3, 0.4) is 0 Å². The molecule has 2 aliphatic rings. The first-order valence-electron chi connectivity index (χ1n) is 7.08. The molecule has 7 heteroatoms. The van der Waals surface area contributed by atoms with Crippen LogP contribution in [0.15, 0.2) is 12.1 Å². The second kappa shape index (κ2) is 5.68. The molecule has 6 nitrogen and oxygen atoms in total. The van der Waals surface area contributed by atoms with Gasteiger partial charge in [-0.05, 0) is 30.5 Å². The van der Waals surface area contributed by atoms with Crippen molar-refractivity contribution in [2.75, 3.05) is 19.8 Å². The summed E-state index contributed by atoms with van der Waals surface area (Å²) in [6.07, 6.45) is 1.34. The lowest BCUT2D eigenvalue weighted by Gasteiger charge is -2.20. The minimum Gasteiger partial charge on any atom is -0.486 e. The molecular weight excluding hydrogens is 310 g/mol. The van der Waals surface area contributed by atoms with Gasteiger partial charge in [0.15, 0.2) is 11.5 Å². The number of carboxylic acids is 1. The van der Waals surface area contributed by atoms with Crippen LogP contribution in [0.25, 0.3) is 0 Å². The molecule has 3 rings (SSSR count). The Morgan fingerprint density at radius 2 is 2.00 bits per heavy atom. The number of amides is 1. The van der Waals surface area contributed by atoms with Gasteiger partial charge in [0, 0.05) is 6.54 Å². The molecule has 0 aromatic heterocycles. The smallest absolute Gasteiger partial charge is 0.311 e. The Hall–Kier alpha value is -1.95. The molecule has 1 aliphatic heterocycles. The number of rotatable bonds is 5. The number of benzene rings is 1. The average Bonchev–Trinajstić information content (AvgIpc) is 3.26. The third kappa shape index (κ3) is 2.97. The second-order valence-electron chi connectivity index (χ2n) is 5.64. The topological polar surface area (TPSA) is 84.9 Å². The second-order valence-corrected chi connectivity index (χ2v) is 6.05. The zero-order valence-corrected chi connectivity index (χ0v) is 12.6. The van der Waals surface area contributed by atoms with Crippen LogP contribution in [0.1, 0.15) is 18.4 Å². The van der Waals surface area contributed by atoms with Crippen molar-refractivity contribution in [2.45, 2.75) is 19.3 Å². The first kappa shape index (κ1) is 15.0. The van der Waals surface area contributed by atoms with Gasteiger partial charge in [0.2, 0.25) is 5.91 Å². The van der Waals surface area contributed by atoms with Crippen LogP contribution < -0.4 is 14.8 Å². The van der Waals surface area contributed by atoms with Crippen LogP contribution in [0.4, 0.5) is 0 Å². The highest BCUT2D eigenvalue weighted by molar-refractivity contribution is 6.32. The summed E-state index contributed by atoms with van der Waals surface area (Å²) in [6.45, 7) is 1.06. The number of halogens is 1. The van der Waals surface area contributed by atoms with Gasteiger partial charge in [-0.25, -0.2) is 0 Å². The number of nitrogens with one attached hydrogen (secondary N) is 1. The number of hydrogen-bond acceptors (Lipinski definition) is 4. The van der Waals surface area contributed by atoms with E-state index in [0.717, 1.165) is 0 Å². The molecule has 1 aromatic rings. The first-order chi connectivity index (χ1) is 10.5. The van der Waals surface area contributed by atoms with E-state index in [4.69, 9.17) is 26.2 Å². The fourth-order valence-corrected chi connectivity index (χ4v) is 2.69. The maximum Gasteiger partial charge on any atom is 0.311 e. The number of carbonyl (C=O) groups is 2. The van der Waals surface area contributed by atoms with E-state index in [0.29, 0.717) is 48.1 Å². The normalized spacial score (nSPS) is 17.7. The summed E-state index contributed by atoms with van der Waals surface area (Å²) in [5.41, 5.74) is -0.0629. The van der Waals surface area contributed by atoms with Crippen molar-refractivity contribution >= 4 is 23.5 Å². The highest BCUT2D eigenvalue weighted by Gasteiger charge is 2.50. The van der Waals surface area contributed by atoms with E-state index in [1.165, 1.54) is 0 Å². The quantitative estimate of drug-likeness (QED) is 0.859. The predicted molar refractivity (Wildman–Crippen MR) is 78.5 cm³/mol. The zero-order chi connectivity index (χ0) is 15.7. The molecular formula is C15H16ClNO5. The monoisotopic (exact) mass is 325 g/mol. The molecule has 1 aliphatic carbocycles. The Morgan fingerprint density at radius 3 is 2.68 bits per heavy atom. The van der Waals surface area contributed by atoms with Crippen molar-refractivity contribution in [2.24, 2.45) is 5.41 Å². The van der Waals surface area contributed by atoms with Crippen LogP contribution >= 0.6 is 11.6 Å². The maximum absolute atomic E-state index is 12.0. The van der Waals surface area contributed by atoms with Crippen LogP contribution in [0.5, 0.6) is 11.5 Å². The molecule has 1 aromatic carbocycles. The Balaban J connectivity index is 1.62. The fourth-order valence-electron chi connectivity index (χ4n) is 2.40. The number of hydrogen-bond donors (Lipinski definition) is 2. The van der Waals surface area contributed by atoms with Crippen molar-refractivity contribution in [1.29, 1.82) is 0 Å². The standard InChI is InChI=1S/C15H16ClNO5/c16-10-5-9(6-11-13(10)22-4-3-21-11)7-12(18)17-8-15(1-2-15)14(19)20/h5-6H,1-4,7-8H2,(H,17,18)(H,19,20). The van der Waals surface area contributed by atoms with Gasteiger partial charge in [-0.2, -0.15) is 0 Å². The van der Waals surface area contributed by atoms with E-state index in [1.807, 2.05) is 0 Å². The lowest BCUT2D eigenvalue weighted by atomic mass is 10.1. The van der Waals surface area contributed by atoms with Crippen molar-refractivity contribution in [3.8, 4) is 11.5 Å². The lowest BCUT2D eigenvalue weighted by Crippen LogP contribution is -2.35. The molecule has 1 heterocycles. The SMILES string of the molecule is O=C(Cc1cc(Cl)c2c(c1)OCCO2)NCC1(C(=O)O)CC1. The summed E-state index contributed by atoms with van der Waals surface area (Å²) >= 11 is 6.12. The third-order valence-corrected chi connectivity index (χ3v) is 4.23. The van der Waals surface area contributed by atoms with E-state index in [2.05, 4.69) is 5.32 Å². The van der Waals surface area contributed by atoms with Crippen molar-refractivity contribution in [3.05, 3.63) is 22.7 Å². The highest BCUT2D eigenvalue weighted by Crippen LogP contribution is 2.45. The van der Waals surface area contributed by atoms with E-state index in [1.54, 1.807) is 12.1 Å². The van der Waals surface area contributed by atoms with Gasteiger partial charge in [0.1, 0.15) is 13.2 Å². The highest BCUT2D eigenvalue weighted by atomic mass is 35.5. The Bertz CT molecular complexity index is 627. The molecule has 1 amide bonds.